The van der Waals surface area contributed by atoms with Gasteiger partial charge in [-0.15, -0.1) is 15.0 Å². The third-order valence-electron chi connectivity index (χ3n) is 4.91. The van der Waals surface area contributed by atoms with Crippen molar-refractivity contribution in [3.63, 3.8) is 0 Å². The Morgan fingerprint density at radius 2 is 1.53 bits per heavy atom. The van der Waals surface area contributed by atoms with Gasteiger partial charge in [0.2, 0.25) is 5.60 Å². The maximum Gasteiger partial charge on any atom is 0.416 e. The number of alkyl halides is 3. The monoisotopic (exact) mass is 505 g/mol. The van der Waals surface area contributed by atoms with Gasteiger partial charge in [-0.1, -0.05) is 40.2 Å². The van der Waals surface area contributed by atoms with E-state index in [-0.39, 0.29) is 11.4 Å². The summed E-state index contributed by atoms with van der Waals surface area (Å²) >= 11 is 3.29. The molecule has 0 fully saturated rings. The van der Waals surface area contributed by atoms with E-state index in [2.05, 4.69) is 26.1 Å². The quantitative estimate of drug-likeness (QED) is 0.383. The number of fused-ring (bicyclic) bond motifs is 1. The number of halogens is 4. The second kappa shape index (κ2) is 7.94. The van der Waals surface area contributed by atoms with Crippen LogP contribution in [0.25, 0.3) is 16.7 Å². The maximum absolute atomic E-state index is 13.4. The summed E-state index contributed by atoms with van der Waals surface area (Å²) in [5.74, 6) is -1.43. The molecule has 3 aromatic carbocycles. The van der Waals surface area contributed by atoms with Crippen molar-refractivity contribution >= 4 is 32.9 Å². The van der Waals surface area contributed by atoms with Crippen LogP contribution in [0.2, 0.25) is 0 Å². The zero-order valence-corrected chi connectivity index (χ0v) is 18.1. The fourth-order valence-corrected chi connectivity index (χ4v) is 3.38. The lowest BCUT2D eigenvalue weighted by Crippen LogP contribution is -2.38. The highest BCUT2D eigenvalue weighted by Gasteiger charge is 2.39. The van der Waals surface area contributed by atoms with E-state index in [1.165, 1.54) is 6.92 Å². The SMILES string of the molecule is CC(Oc1ccc(C(F)(F)F)cc1-n1nc2ccccc2n1)(C(=O)O)c1ccc(Br)cc1. The smallest absolute Gasteiger partial charge is 0.416 e. The molecule has 0 bridgehead atoms. The van der Waals surface area contributed by atoms with E-state index in [0.717, 1.165) is 27.5 Å². The highest BCUT2D eigenvalue weighted by atomic mass is 79.9. The number of carboxylic acid groups (broad SMARTS) is 1. The first kappa shape index (κ1) is 21.8. The van der Waals surface area contributed by atoms with Gasteiger partial charge in [0.25, 0.3) is 0 Å². The zero-order chi connectivity index (χ0) is 23.1. The van der Waals surface area contributed by atoms with Crippen LogP contribution in [0.4, 0.5) is 13.2 Å². The number of nitrogens with zero attached hydrogens (tertiary/aromatic N) is 3. The highest BCUT2D eigenvalue weighted by Crippen LogP contribution is 2.37. The summed E-state index contributed by atoms with van der Waals surface area (Å²) < 4.78 is 46.8. The highest BCUT2D eigenvalue weighted by molar-refractivity contribution is 9.10. The van der Waals surface area contributed by atoms with Crippen molar-refractivity contribution in [1.29, 1.82) is 0 Å². The molecule has 0 radical (unpaired) electrons. The Morgan fingerprint density at radius 1 is 0.969 bits per heavy atom. The summed E-state index contributed by atoms with van der Waals surface area (Å²) in [6.07, 6.45) is -4.62. The summed E-state index contributed by atoms with van der Waals surface area (Å²) in [4.78, 5) is 13.2. The number of carbonyl (C=O) groups is 1. The van der Waals surface area contributed by atoms with Crippen LogP contribution in [0.15, 0.2) is 71.2 Å². The van der Waals surface area contributed by atoms with E-state index in [1.54, 1.807) is 48.5 Å². The molecule has 0 amide bonds. The second-order valence-corrected chi connectivity index (χ2v) is 8.02. The van der Waals surface area contributed by atoms with E-state index in [9.17, 15) is 23.1 Å². The predicted molar refractivity (Wildman–Crippen MR) is 114 cm³/mol. The molecule has 1 unspecified atom stereocenters. The maximum atomic E-state index is 13.4. The minimum Gasteiger partial charge on any atom is -0.478 e. The Balaban J connectivity index is 1.87. The van der Waals surface area contributed by atoms with Crippen LogP contribution in [-0.2, 0) is 16.6 Å². The van der Waals surface area contributed by atoms with Gasteiger partial charge >= 0.3 is 12.1 Å². The molecule has 0 aliphatic heterocycles. The molecule has 1 atom stereocenters. The molecule has 32 heavy (non-hydrogen) atoms. The number of aromatic nitrogens is 3. The molecule has 1 N–H and O–H groups in total. The number of carboxylic acids is 1. The first-order valence-electron chi connectivity index (χ1n) is 9.30. The Morgan fingerprint density at radius 3 is 2.06 bits per heavy atom. The van der Waals surface area contributed by atoms with Crippen molar-refractivity contribution in [3.8, 4) is 11.4 Å². The fraction of sp³-hybridized carbons (Fsp3) is 0.136. The first-order chi connectivity index (χ1) is 15.1. The van der Waals surface area contributed by atoms with Crippen LogP contribution in [0.5, 0.6) is 5.75 Å². The fourth-order valence-electron chi connectivity index (χ4n) is 3.12. The van der Waals surface area contributed by atoms with Gasteiger partial charge in [-0.2, -0.15) is 13.2 Å². The van der Waals surface area contributed by atoms with Crippen LogP contribution >= 0.6 is 15.9 Å². The molecule has 0 saturated heterocycles. The first-order valence-corrected chi connectivity index (χ1v) is 10.1. The number of hydrogen-bond donors (Lipinski definition) is 1. The van der Waals surface area contributed by atoms with Crippen molar-refractivity contribution in [2.75, 3.05) is 0 Å². The molecular formula is C22H15BrF3N3O3. The van der Waals surface area contributed by atoms with E-state index in [4.69, 9.17) is 4.74 Å². The third kappa shape index (κ3) is 4.05. The predicted octanol–water partition coefficient (Wildman–Crippen LogP) is 5.58. The molecule has 0 saturated carbocycles. The minimum atomic E-state index is -4.62. The Bertz CT molecular complexity index is 1270. The lowest BCUT2D eigenvalue weighted by molar-refractivity contribution is -0.154. The zero-order valence-electron chi connectivity index (χ0n) is 16.5. The number of rotatable bonds is 5. The number of hydrogen-bond acceptors (Lipinski definition) is 4. The van der Waals surface area contributed by atoms with E-state index < -0.39 is 23.3 Å². The molecule has 0 aliphatic rings. The summed E-state index contributed by atoms with van der Waals surface area (Å²) in [6, 6.07) is 15.9. The van der Waals surface area contributed by atoms with E-state index >= 15 is 0 Å². The number of benzene rings is 3. The van der Waals surface area contributed by atoms with Crippen molar-refractivity contribution in [1.82, 2.24) is 15.0 Å². The molecular weight excluding hydrogens is 491 g/mol. The average molecular weight is 506 g/mol. The van der Waals surface area contributed by atoms with Gasteiger partial charge in [-0.05, 0) is 49.4 Å². The van der Waals surface area contributed by atoms with E-state index in [0.29, 0.717) is 16.6 Å². The lowest BCUT2D eigenvalue weighted by Gasteiger charge is -2.28. The standard InChI is InChI=1S/C22H15BrF3N3O3/c1-21(20(30)31,13-6-9-15(23)10-7-13)32-19-11-8-14(22(24,25)26)12-18(19)29-27-16-4-2-3-5-17(16)28-29/h2-12H,1H3,(H,30,31). The molecule has 6 nitrogen and oxygen atoms in total. The van der Waals surface area contributed by atoms with Gasteiger partial charge in [0.1, 0.15) is 22.5 Å². The van der Waals surface area contributed by atoms with Crippen LogP contribution in [-0.4, -0.2) is 26.1 Å². The average Bonchev–Trinajstić information content (AvgIpc) is 3.17. The van der Waals surface area contributed by atoms with E-state index in [1.807, 2.05) is 0 Å². The Labute approximate surface area is 188 Å². The molecule has 0 spiro atoms. The van der Waals surface area contributed by atoms with Crippen LogP contribution < -0.4 is 4.74 Å². The van der Waals surface area contributed by atoms with Crippen LogP contribution in [0.3, 0.4) is 0 Å². The minimum absolute atomic E-state index is 0.119. The summed E-state index contributed by atoms with van der Waals surface area (Å²) in [7, 11) is 0. The van der Waals surface area contributed by atoms with Crippen LogP contribution in [0, 0.1) is 0 Å². The summed E-state index contributed by atoms with van der Waals surface area (Å²) in [5, 5.41) is 18.4. The lowest BCUT2D eigenvalue weighted by atomic mass is 9.95. The van der Waals surface area contributed by atoms with Gasteiger partial charge in [0, 0.05) is 10.0 Å². The Hall–Kier alpha value is -3.40. The van der Waals surface area contributed by atoms with Crippen LogP contribution in [0.1, 0.15) is 18.1 Å². The van der Waals surface area contributed by atoms with Gasteiger partial charge in [-0.3, -0.25) is 0 Å². The molecule has 4 aromatic rings. The molecule has 1 aromatic heterocycles. The third-order valence-corrected chi connectivity index (χ3v) is 5.43. The molecule has 0 aliphatic carbocycles. The molecule has 10 heteroatoms. The normalized spacial score (nSPS) is 13.7. The van der Waals surface area contributed by atoms with Crippen molar-refractivity contribution in [3.05, 3.63) is 82.3 Å². The van der Waals surface area contributed by atoms with Gasteiger partial charge in [0.15, 0.2) is 0 Å². The van der Waals surface area contributed by atoms with Crippen molar-refractivity contribution in [2.24, 2.45) is 0 Å². The Kier molecular flexibility index (Phi) is 5.41. The van der Waals surface area contributed by atoms with Gasteiger partial charge in [-0.25, -0.2) is 4.79 Å². The summed E-state index contributed by atoms with van der Waals surface area (Å²) in [5.41, 5.74) is -1.74. The topological polar surface area (TPSA) is 77.2 Å². The molecule has 164 valence electrons. The van der Waals surface area contributed by atoms with Crippen molar-refractivity contribution in [2.45, 2.75) is 18.7 Å². The molecule has 4 rings (SSSR count). The number of aliphatic carboxylic acids is 1. The van der Waals surface area contributed by atoms with Gasteiger partial charge in [0.05, 0.1) is 5.56 Å². The largest absolute Gasteiger partial charge is 0.478 e. The van der Waals surface area contributed by atoms with Gasteiger partial charge < -0.3 is 9.84 Å². The summed E-state index contributed by atoms with van der Waals surface area (Å²) in [6.45, 7) is 1.33. The molecule has 1 heterocycles. The second-order valence-electron chi connectivity index (χ2n) is 7.11. The number of ether oxygens (including phenoxy) is 1. The van der Waals surface area contributed by atoms with Crippen molar-refractivity contribution < 1.29 is 27.8 Å².